The van der Waals surface area contributed by atoms with Crippen molar-refractivity contribution in [1.82, 2.24) is 9.62 Å². The first kappa shape index (κ1) is 17.3. The molecule has 1 N–H and O–H groups in total. The van der Waals surface area contributed by atoms with Crippen molar-refractivity contribution in [3.63, 3.8) is 0 Å². The molecule has 0 unspecified atom stereocenters. The molecule has 4 rings (SSSR count). The zero-order valence-corrected chi connectivity index (χ0v) is 15.5. The van der Waals surface area contributed by atoms with Crippen LogP contribution in [0.4, 0.5) is 0 Å². The van der Waals surface area contributed by atoms with E-state index in [4.69, 9.17) is 9.47 Å². The maximum absolute atomic E-state index is 13.3. The van der Waals surface area contributed by atoms with Gasteiger partial charge in [0.2, 0.25) is 10.0 Å². The van der Waals surface area contributed by atoms with E-state index in [1.165, 1.54) is 4.31 Å². The Kier molecular flexibility index (Phi) is 4.38. The van der Waals surface area contributed by atoms with Gasteiger partial charge in [-0.15, -0.1) is 0 Å². The molecule has 138 valence electrons. The predicted octanol–water partition coefficient (Wildman–Crippen LogP) is 2.01. The molecular formula is C19H22N2O4S. The van der Waals surface area contributed by atoms with E-state index in [9.17, 15) is 8.42 Å². The highest BCUT2D eigenvalue weighted by atomic mass is 32.2. The Morgan fingerprint density at radius 1 is 1.19 bits per heavy atom. The van der Waals surface area contributed by atoms with E-state index in [2.05, 4.69) is 5.32 Å². The number of para-hydroxylation sites is 1. The fourth-order valence-corrected chi connectivity index (χ4v) is 5.19. The minimum atomic E-state index is -3.65. The first-order chi connectivity index (χ1) is 12.5. The SMILES string of the molecule is COc1ccc(CN2C[C@@]3(CCNC3)Oc3ccccc3S2(=O)=O)cc1. The molecule has 0 radical (unpaired) electrons. The Hall–Kier alpha value is -2.09. The lowest BCUT2D eigenvalue weighted by Gasteiger charge is -2.31. The van der Waals surface area contributed by atoms with Gasteiger partial charge in [0.15, 0.2) is 0 Å². The first-order valence-corrected chi connectivity index (χ1v) is 10.1. The van der Waals surface area contributed by atoms with Crippen molar-refractivity contribution in [3.8, 4) is 11.5 Å². The van der Waals surface area contributed by atoms with E-state index in [-0.39, 0.29) is 4.90 Å². The Balaban J connectivity index is 1.73. The van der Waals surface area contributed by atoms with Crippen LogP contribution in [0, 0.1) is 0 Å². The Morgan fingerprint density at radius 3 is 2.65 bits per heavy atom. The standard InChI is InChI=1S/C19H22N2O4S/c1-24-16-8-6-15(7-9-16)12-21-14-19(10-11-20-13-19)25-17-4-2-3-5-18(17)26(21,22)23/h2-9,20H,10-14H2,1H3/t19-/m0/s1. The lowest BCUT2D eigenvalue weighted by molar-refractivity contribution is 0.0695. The number of benzene rings is 2. The average molecular weight is 374 g/mol. The maximum Gasteiger partial charge on any atom is 0.247 e. The van der Waals surface area contributed by atoms with Gasteiger partial charge in [-0.2, -0.15) is 4.31 Å². The topological polar surface area (TPSA) is 67.9 Å². The lowest BCUT2D eigenvalue weighted by atomic mass is 10.0. The van der Waals surface area contributed by atoms with E-state index in [0.29, 0.717) is 25.4 Å². The van der Waals surface area contributed by atoms with Crippen LogP contribution in [0.3, 0.4) is 0 Å². The summed E-state index contributed by atoms with van der Waals surface area (Å²) in [5, 5.41) is 3.31. The largest absolute Gasteiger partial charge is 0.497 e. The van der Waals surface area contributed by atoms with Crippen LogP contribution < -0.4 is 14.8 Å². The van der Waals surface area contributed by atoms with Crippen molar-refractivity contribution in [2.24, 2.45) is 0 Å². The fourth-order valence-electron chi connectivity index (χ4n) is 3.58. The molecule has 1 saturated heterocycles. The highest BCUT2D eigenvalue weighted by Crippen LogP contribution is 2.37. The normalized spacial score (nSPS) is 24.7. The van der Waals surface area contributed by atoms with Gasteiger partial charge in [0.25, 0.3) is 0 Å². The third-order valence-corrected chi connectivity index (χ3v) is 6.81. The van der Waals surface area contributed by atoms with Gasteiger partial charge < -0.3 is 14.8 Å². The van der Waals surface area contributed by atoms with E-state index in [1.807, 2.05) is 30.3 Å². The van der Waals surface area contributed by atoms with Gasteiger partial charge in [-0.05, 0) is 36.4 Å². The molecule has 2 aliphatic rings. The van der Waals surface area contributed by atoms with Gasteiger partial charge >= 0.3 is 0 Å². The molecule has 2 aliphatic heterocycles. The van der Waals surface area contributed by atoms with Crippen LogP contribution in [0.25, 0.3) is 0 Å². The summed E-state index contributed by atoms with van der Waals surface area (Å²) in [5.74, 6) is 1.19. The molecule has 1 fully saturated rings. The molecular weight excluding hydrogens is 352 g/mol. The number of nitrogens with one attached hydrogen (secondary N) is 1. The van der Waals surface area contributed by atoms with Crippen molar-refractivity contribution in [3.05, 3.63) is 54.1 Å². The zero-order chi connectivity index (χ0) is 18.2. The molecule has 7 heteroatoms. The van der Waals surface area contributed by atoms with Crippen LogP contribution in [-0.4, -0.2) is 45.1 Å². The molecule has 0 aliphatic carbocycles. The second-order valence-corrected chi connectivity index (χ2v) is 8.69. The monoisotopic (exact) mass is 374 g/mol. The van der Waals surface area contributed by atoms with Crippen LogP contribution in [0.2, 0.25) is 0 Å². The van der Waals surface area contributed by atoms with Gasteiger partial charge in [-0.25, -0.2) is 8.42 Å². The number of sulfonamides is 1. The number of nitrogens with zero attached hydrogens (tertiary/aromatic N) is 1. The van der Waals surface area contributed by atoms with Gasteiger partial charge in [0.1, 0.15) is 22.0 Å². The summed E-state index contributed by atoms with van der Waals surface area (Å²) in [6.07, 6.45) is 0.774. The van der Waals surface area contributed by atoms with Crippen molar-refractivity contribution in [2.75, 3.05) is 26.7 Å². The molecule has 0 aromatic heterocycles. The van der Waals surface area contributed by atoms with Crippen LogP contribution in [0.15, 0.2) is 53.4 Å². The Bertz CT molecular complexity index is 890. The molecule has 2 aromatic rings. The van der Waals surface area contributed by atoms with Crippen molar-refractivity contribution in [1.29, 1.82) is 0 Å². The highest BCUT2D eigenvalue weighted by molar-refractivity contribution is 7.89. The van der Waals surface area contributed by atoms with Crippen LogP contribution in [-0.2, 0) is 16.6 Å². The van der Waals surface area contributed by atoms with E-state index >= 15 is 0 Å². The Labute approximate surface area is 153 Å². The van der Waals surface area contributed by atoms with Crippen molar-refractivity contribution in [2.45, 2.75) is 23.5 Å². The van der Waals surface area contributed by atoms with Crippen molar-refractivity contribution < 1.29 is 17.9 Å². The molecule has 2 aromatic carbocycles. The van der Waals surface area contributed by atoms with Crippen LogP contribution >= 0.6 is 0 Å². The van der Waals surface area contributed by atoms with Crippen LogP contribution in [0.5, 0.6) is 11.5 Å². The summed E-state index contributed by atoms with van der Waals surface area (Å²) in [6.45, 7) is 2.07. The molecule has 1 spiro atoms. The summed E-state index contributed by atoms with van der Waals surface area (Å²) in [5.41, 5.74) is 0.376. The minimum absolute atomic E-state index is 0.234. The van der Waals surface area contributed by atoms with E-state index in [1.54, 1.807) is 25.3 Å². The average Bonchev–Trinajstić information content (AvgIpc) is 3.07. The maximum atomic E-state index is 13.3. The molecule has 0 amide bonds. The number of ether oxygens (including phenoxy) is 2. The summed E-state index contributed by atoms with van der Waals surface area (Å²) >= 11 is 0. The van der Waals surface area contributed by atoms with Gasteiger partial charge in [0.05, 0.1) is 13.7 Å². The van der Waals surface area contributed by atoms with E-state index in [0.717, 1.165) is 24.3 Å². The van der Waals surface area contributed by atoms with Gasteiger partial charge in [0, 0.05) is 19.5 Å². The number of rotatable bonds is 3. The summed E-state index contributed by atoms with van der Waals surface area (Å²) < 4.78 is 39.5. The fraction of sp³-hybridized carbons (Fsp3) is 0.368. The molecule has 0 bridgehead atoms. The highest BCUT2D eigenvalue weighted by Gasteiger charge is 2.45. The third kappa shape index (κ3) is 3.06. The number of hydrogen-bond acceptors (Lipinski definition) is 5. The second-order valence-electron chi connectivity index (χ2n) is 6.78. The lowest BCUT2D eigenvalue weighted by Crippen LogP contribution is -2.48. The van der Waals surface area contributed by atoms with Gasteiger partial charge in [-0.3, -0.25) is 0 Å². The number of hydrogen-bond donors (Lipinski definition) is 1. The molecule has 0 saturated carbocycles. The number of methoxy groups -OCH3 is 1. The summed E-state index contributed by atoms with van der Waals surface area (Å²) in [6, 6.07) is 14.4. The van der Waals surface area contributed by atoms with Crippen molar-refractivity contribution >= 4 is 10.0 Å². The predicted molar refractivity (Wildman–Crippen MR) is 97.9 cm³/mol. The number of fused-ring (bicyclic) bond motifs is 1. The molecule has 1 atom stereocenters. The Morgan fingerprint density at radius 2 is 1.96 bits per heavy atom. The minimum Gasteiger partial charge on any atom is -0.497 e. The smallest absolute Gasteiger partial charge is 0.247 e. The van der Waals surface area contributed by atoms with Crippen LogP contribution in [0.1, 0.15) is 12.0 Å². The van der Waals surface area contributed by atoms with E-state index < -0.39 is 15.6 Å². The summed E-state index contributed by atoms with van der Waals surface area (Å²) in [4.78, 5) is 0.234. The zero-order valence-electron chi connectivity index (χ0n) is 14.6. The second kappa shape index (κ2) is 6.57. The quantitative estimate of drug-likeness (QED) is 0.890. The van der Waals surface area contributed by atoms with Gasteiger partial charge in [-0.1, -0.05) is 24.3 Å². The molecule has 2 heterocycles. The molecule has 26 heavy (non-hydrogen) atoms. The summed E-state index contributed by atoms with van der Waals surface area (Å²) in [7, 11) is -2.04. The molecule has 6 nitrogen and oxygen atoms in total. The third-order valence-electron chi connectivity index (χ3n) is 4.98. The first-order valence-electron chi connectivity index (χ1n) is 8.64.